The normalized spacial score (nSPS) is 17.2. The predicted molar refractivity (Wildman–Crippen MR) is 122 cm³/mol. The minimum absolute atomic E-state index is 0.0149. The molecule has 4 rings (SSSR count). The van der Waals surface area contributed by atoms with Gasteiger partial charge in [0, 0.05) is 17.8 Å². The maximum absolute atomic E-state index is 13.0. The molecule has 1 fully saturated rings. The van der Waals surface area contributed by atoms with Crippen LogP contribution < -0.4 is 19.5 Å². The highest BCUT2D eigenvalue weighted by molar-refractivity contribution is 7.91. The van der Waals surface area contributed by atoms with Crippen LogP contribution in [0.25, 0.3) is 10.6 Å². The fourth-order valence-electron chi connectivity index (χ4n) is 3.71. The van der Waals surface area contributed by atoms with Crippen LogP contribution in [-0.4, -0.2) is 56.9 Å². The van der Waals surface area contributed by atoms with E-state index < -0.39 is 15.7 Å². The molecule has 0 radical (unpaired) electrons. The first kappa shape index (κ1) is 22.2. The molecule has 0 unspecified atom stereocenters. The van der Waals surface area contributed by atoms with Gasteiger partial charge in [0.2, 0.25) is 5.75 Å². The number of carbonyl (C=O) groups is 1. The molecule has 1 aliphatic heterocycles. The second kappa shape index (κ2) is 8.83. The fourth-order valence-corrected chi connectivity index (χ4v) is 6.13. The molecule has 2 aromatic heterocycles. The molecule has 0 saturated carbocycles. The van der Waals surface area contributed by atoms with Crippen molar-refractivity contribution in [3.05, 3.63) is 41.4 Å². The van der Waals surface area contributed by atoms with Gasteiger partial charge >= 0.3 is 0 Å². The smallest absolute Gasteiger partial charge is 0.276 e. The molecule has 0 spiro atoms. The van der Waals surface area contributed by atoms with Crippen LogP contribution in [0.4, 0.5) is 5.69 Å². The number of hydrogen-bond acceptors (Lipinski definition) is 8. The fraction of sp³-hybridized carbons (Fsp3) is 0.333. The second-order valence-corrected chi connectivity index (χ2v) is 10.4. The zero-order valence-electron chi connectivity index (χ0n) is 17.8. The van der Waals surface area contributed by atoms with Gasteiger partial charge in [-0.05, 0) is 23.9 Å². The van der Waals surface area contributed by atoms with Crippen molar-refractivity contribution in [1.82, 2.24) is 9.78 Å². The van der Waals surface area contributed by atoms with Crippen LogP contribution in [0, 0.1) is 0 Å². The van der Waals surface area contributed by atoms with E-state index in [0.29, 0.717) is 29.4 Å². The standard InChI is InChI=1S/C21H23N3O6S2/c1-28-17-9-13(10-18(29-2)20(17)30-3)22-21(25)15-11-16(19-5-4-7-31-19)24(23-15)14-6-8-32(26,27)12-14/h4-5,7,9-11,14H,6,8,12H2,1-3H3,(H,22,25)/t14-/m1/s1. The molecule has 32 heavy (non-hydrogen) atoms. The average Bonchev–Trinajstić information content (AvgIpc) is 3.51. The molecule has 9 nitrogen and oxygen atoms in total. The van der Waals surface area contributed by atoms with Gasteiger partial charge in [-0.3, -0.25) is 9.48 Å². The first-order valence-electron chi connectivity index (χ1n) is 9.80. The summed E-state index contributed by atoms with van der Waals surface area (Å²) in [5.74, 6) is 0.928. The van der Waals surface area contributed by atoms with Gasteiger partial charge in [-0.2, -0.15) is 5.10 Å². The number of rotatable bonds is 7. The number of nitrogens with zero attached hydrogens (tertiary/aromatic N) is 2. The number of hydrogen-bond donors (Lipinski definition) is 1. The first-order valence-corrected chi connectivity index (χ1v) is 12.5. The lowest BCUT2D eigenvalue weighted by molar-refractivity contribution is 0.102. The van der Waals surface area contributed by atoms with Gasteiger partial charge in [0.25, 0.3) is 5.91 Å². The molecule has 3 aromatic rings. The summed E-state index contributed by atoms with van der Waals surface area (Å²) in [5.41, 5.74) is 1.35. The third kappa shape index (κ3) is 4.30. The zero-order chi connectivity index (χ0) is 22.9. The number of methoxy groups -OCH3 is 3. The molecule has 0 aliphatic carbocycles. The van der Waals surface area contributed by atoms with E-state index in [1.165, 1.54) is 32.7 Å². The van der Waals surface area contributed by atoms with E-state index in [2.05, 4.69) is 10.4 Å². The van der Waals surface area contributed by atoms with Crippen LogP contribution >= 0.6 is 11.3 Å². The maximum Gasteiger partial charge on any atom is 0.276 e. The van der Waals surface area contributed by atoms with Crippen LogP contribution in [-0.2, 0) is 9.84 Å². The summed E-state index contributed by atoms with van der Waals surface area (Å²) in [6, 6.07) is 8.45. The summed E-state index contributed by atoms with van der Waals surface area (Å²) < 4.78 is 41.7. The number of thiophene rings is 1. The number of carbonyl (C=O) groups excluding carboxylic acids is 1. The van der Waals surface area contributed by atoms with Gasteiger partial charge in [0.05, 0.1) is 49.4 Å². The third-order valence-corrected chi connectivity index (χ3v) is 7.86. The minimum atomic E-state index is -3.11. The Morgan fingerprint density at radius 3 is 2.41 bits per heavy atom. The average molecular weight is 478 g/mol. The highest BCUT2D eigenvalue weighted by Crippen LogP contribution is 2.40. The molecule has 170 valence electrons. The van der Waals surface area contributed by atoms with Crippen LogP contribution in [0.15, 0.2) is 35.7 Å². The number of benzene rings is 1. The highest BCUT2D eigenvalue weighted by Gasteiger charge is 2.32. The Kier molecular flexibility index (Phi) is 6.11. The number of ether oxygens (including phenoxy) is 3. The molecular weight excluding hydrogens is 454 g/mol. The van der Waals surface area contributed by atoms with Gasteiger partial charge in [0.15, 0.2) is 27.0 Å². The van der Waals surface area contributed by atoms with Crippen molar-refractivity contribution in [3.63, 3.8) is 0 Å². The van der Waals surface area contributed by atoms with Gasteiger partial charge in [-0.25, -0.2) is 8.42 Å². The van der Waals surface area contributed by atoms with Crippen molar-refractivity contribution in [2.75, 3.05) is 38.2 Å². The number of nitrogens with one attached hydrogen (secondary N) is 1. The summed E-state index contributed by atoms with van der Waals surface area (Å²) in [7, 11) is 1.38. The van der Waals surface area contributed by atoms with Gasteiger partial charge in [-0.15, -0.1) is 11.3 Å². The minimum Gasteiger partial charge on any atom is -0.493 e. The first-order chi connectivity index (χ1) is 15.3. The summed E-state index contributed by atoms with van der Waals surface area (Å²) in [6.07, 6.45) is 0.469. The summed E-state index contributed by atoms with van der Waals surface area (Å²) in [5, 5.41) is 9.22. The van der Waals surface area contributed by atoms with E-state index >= 15 is 0 Å². The van der Waals surface area contributed by atoms with Gasteiger partial charge < -0.3 is 19.5 Å². The molecule has 1 saturated heterocycles. The Hall–Kier alpha value is -3.05. The molecule has 1 atom stereocenters. The zero-order valence-corrected chi connectivity index (χ0v) is 19.5. The topological polar surface area (TPSA) is 109 Å². The second-order valence-electron chi connectivity index (χ2n) is 7.26. The third-order valence-electron chi connectivity index (χ3n) is 5.22. The van der Waals surface area contributed by atoms with Crippen molar-refractivity contribution >= 4 is 32.8 Å². The molecule has 1 amide bonds. The Morgan fingerprint density at radius 2 is 1.88 bits per heavy atom. The number of anilines is 1. The van der Waals surface area contributed by atoms with E-state index in [9.17, 15) is 13.2 Å². The van der Waals surface area contributed by atoms with Crippen LogP contribution in [0.5, 0.6) is 17.2 Å². The number of aromatic nitrogens is 2. The monoisotopic (exact) mass is 477 g/mol. The van der Waals surface area contributed by atoms with Crippen molar-refractivity contribution in [3.8, 4) is 27.8 Å². The summed E-state index contributed by atoms with van der Waals surface area (Å²) in [6.45, 7) is 0. The molecule has 1 N–H and O–H groups in total. The van der Waals surface area contributed by atoms with Crippen molar-refractivity contribution in [2.45, 2.75) is 12.5 Å². The van der Waals surface area contributed by atoms with Crippen molar-refractivity contribution < 1.29 is 27.4 Å². The van der Waals surface area contributed by atoms with Crippen LogP contribution in [0.3, 0.4) is 0 Å². The van der Waals surface area contributed by atoms with Crippen LogP contribution in [0.2, 0.25) is 0 Å². The van der Waals surface area contributed by atoms with E-state index in [1.54, 1.807) is 22.9 Å². The predicted octanol–water partition coefficient (Wildman–Crippen LogP) is 3.25. The largest absolute Gasteiger partial charge is 0.493 e. The Labute approximate surface area is 189 Å². The Balaban J connectivity index is 1.67. The lowest BCUT2D eigenvalue weighted by atomic mass is 10.2. The molecule has 1 aromatic carbocycles. The summed E-state index contributed by atoms with van der Waals surface area (Å²) >= 11 is 1.50. The molecule has 11 heteroatoms. The number of amides is 1. The SMILES string of the molecule is COc1cc(NC(=O)c2cc(-c3cccs3)n([C@@H]3CCS(=O)(=O)C3)n2)cc(OC)c1OC. The Morgan fingerprint density at radius 1 is 1.16 bits per heavy atom. The van der Waals surface area contributed by atoms with E-state index in [4.69, 9.17) is 14.2 Å². The molecule has 1 aliphatic rings. The molecule has 3 heterocycles. The highest BCUT2D eigenvalue weighted by atomic mass is 32.2. The Bertz CT molecular complexity index is 1210. The van der Waals surface area contributed by atoms with Gasteiger partial charge in [0.1, 0.15) is 0 Å². The van der Waals surface area contributed by atoms with E-state index in [1.807, 2.05) is 17.5 Å². The van der Waals surface area contributed by atoms with E-state index in [0.717, 1.165) is 10.6 Å². The lowest BCUT2D eigenvalue weighted by Crippen LogP contribution is -2.16. The number of sulfone groups is 1. The van der Waals surface area contributed by atoms with Crippen molar-refractivity contribution in [1.29, 1.82) is 0 Å². The maximum atomic E-state index is 13.0. The lowest BCUT2D eigenvalue weighted by Gasteiger charge is -2.14. The summed E-state index contributed by atoms with van der Waals surface area (Å²) in [4.78, 5) is 13.9. The van der Waals surface area contributed by atoms with Crippen LogP contribution in [0.1, 0.15) is 23.0 Å². The molecular formula is C21H23N3O6S2. The molecule has 0 bridgehead atoms. The quantitative estimate of drug-likeness (QED) is 0.556. The van der Waals surface area contributed by atoms with Crippen molar-refractivity contribution in [2.24, 2.45) is 0 Å². The van der Waals surface area contributed by atoms with Gasteiger partial charge in [-0.1, -0.05) is 6.07 Å². The van der Waals surface area contributed by atoms with E-state index in [-0.39, 0.29) is 23.2 Å².